The Labute approximate surface area is 129 Å². The van der Waals surface area contributed by atoms with Gasteiger partial charge in [0.25, 0.3) is 0 Å². The van der Waals surface area contributed by atoms with Gasteiger partial charge in [-0.25, -0.2) is 4.98 Å². The highest BCUT2D eigenvalue weighted by molar-refractivity contribution is 7.19. The van der Waals surface area contributed by atoms with Crippen LogP contribution in [0.2, 0.25) is 0 Å². The molecule has 3 rings (SSSR count). The molecule has 1 amide bonds. The van der Waals surface area contributed by atoms with Crippen LogP contribution < -0.4 is 0 Å². The molecule has 0 aliphatic carbocycles. The molecule has 0 spiro atoms. The lowest BCUT2D eigenvalue weighted by atomic mass is 10.1. The number of fused-ring (bicyclic) bond motifs is 1. The van der Waals surface area contributed by atoms with Gasteiger partial charge in [0.05, 0.1) is 10.2 Å². The van der Waals surface area contributed by atoms with Crippen molar-refractivity contribution in [3.05, 3.63) is 35.3 Å². The predicted octanol–water partition coefficient (Wildman–Crippen LogP) is 4.10. The average molecular weight is 300 g/mol. The molecule has 1 aromatic carbocycles. The Morgan fingerprint density at radius 1 is 1.10 bits per heavy atom. The minimum Gasteiger partial charge on any atom is -0.339 e. The Kier molecular flexibility index (Phi) is 4.65. The van der Waals surface area contributed by atoms with Gasteiger partial charge in [0, 0.05) is 19.2 Å². The van der Waals surface area contributed by atoms with Crippen LogP contribution >= 0.6 is 11.3 Å². The van der Waals surface area contributed by atoms with Crippen molar-refractivity contribution < 1.29 is 4.79 Å². The van der Waals surface area contributed by atoms with E-state index in [1.165, 1.54) is 19.3 Å². The summed E-state index contributed by atoms with van der Waals surface area (Å²) in [6.45, 7) is 1.78. The highest BCUT2D eigenvalue weighted by Gasteiger charge is 2.12. The third kappa shape index (κ3) is 3.70. The first-order valence-electron chi connectivity index (χ1n) is 7.65. The molecule has 1 fully saturated rings. The van der Waals surface area contributed by atoms with Gasteiger partial charge < -0.3 is 4.90 Å². The molecule has 0 bridgehead atoms. The number of amides is 1. The zero-order valence-electron chi connectivity index (χ0n) is 12.1. The number of benzene rings is 1. The van der Waals surface area contributed by atoms with Crippen LogP contribution in [0.15, 0.2) is 30.3 Å². The van der Waals surface area contributed by atoms with Crippen molar-refractivity contribution >= 4 is 33.5 Å². The Balaban J connectivity index is 1.67. The van der Waals surface area contributed by atoms with Crippen molar-refractivity contribution in [1.82, 2.24) is 9.88 Å². The number of thiazole rings is 1. The molecule has 0 saturated carbocycles. The van der Waals surface area contributed by atoms with E-state index in [1.807, 2.05) is 29.2 Å². The fourth-order valence-electron chi connectivity index (χ4n) is 2.68. The molecular weight excluding hydrogens is 280 g/mol. The van der Waals surface area contributed by atoms with Crippen molar-refractivity contribution in [1.29, 1.82) is 0 Å². The smallest absolute Gasteiger partial charge is 0.246 e. The fraction of sp³-hybridized carbons (Fsp3) is 0.412. The number of rotatable bonds is 2. The van der Waals surface area contributed by atoms with Crippen LogP contribution in [0.1, 0.15) is 37.1 Å². The summed E-state index contributed by atoms with van der Waals surface area (Å²) in [4.78, 5) is 18.8. The third-order valence-electron chi connectivity index (χ3n) is 3.85. The van der Waals surface area contributed by atoms with E-state index in [9.17, 15) is 4.79 Å². The van der Waals surface area contributed by atoms with Crippen LogP contribution in [0.4, 0.5) is 0 Å². The Bertz CT molecular complexity index is 606. The van der Waals surface area contributed by atoms with Crippen LogP contribution in [0.5, 0.6) is 0 Å². The van der Waals surface area contributed by atoms with Crippen LogP contribution in [-0.4, -0.2) is 28.9 Å². The highest BCUT2D eigenvalue weighted by Crippen LogP contribution is 2.22. The van der Waals surface area contributed by atoms with E-state index in [4.69, 9.17) is 0 Å². The Hall–Kier alpha value is -1.68. The van der Waals surface area contributed by atoms with Crippen LogP contribution in [0.3, 0.4) is 0 Å². The number of carbonyl (C=O) groups is 1. The first-order chi connectivity index (χ1) is 10.3. The third-order valence-corrected chi connectivity index (χ3v) is 4.85. The Morgan fingerprint density at radius 2 is 1.81 bits per heavy atom. The van der Waals surface area contributed by atoms with Crippen LogP contribution in [-0.2, 0) is 4.79 Å². The summed E-state index contributed by atoms with van der Waals surface area (Å²) in [5.74, 6) is 0.121. The zero-order chi connectivity index (χ0) is 14.5. The lowest BCUT2D eigenvalue weighted by Crippen LogP contribution is -2.32. The predicted molar refractivity (Wildman–Crippen MR) is 88.3 cm³/mol. The highest BCUT2D eigenvalue weighted by atomic mass is 32.1. The quantitative estimate of drug-likeness (QED) is 0.782. The lowest BCUT2D eigenvalue weighted by molar-refractivity contribution is -0.126. The fourth-order valence-corrected chi connectivity index (χ4v) is 3.55. The molecule has 1 saturated heterocycles. The molecular formula is C17H20N2OS. The van der Waals surface area contributed by atoms with E-state index in [-0.39, 0.29) is 5.91 Å². The lowest BCUT2D eigenvalue weighted by Gasteiger charge is -2.23. The number of aromatic nitrogens is 1. The number of para-hydroxylation sites is 1. The SMILES string of the molecule is O=C(/C=C/c1nc2ccccc2s1)N1CCCCCCC1. The van der Waals surface area contributed by atoms with Gasteiger partial charge in [-0.05, 0) is 31.1 Å². The normalized spacial score (nSPS) is 17.0. The largest absolute Gasteiger partial charge is 0.339 e. The summed E-state index contributed by atoms with van der Waals surface area (Å²) < 4.78 is 1.16. The molecule has 1 aliphatic heterocycles. The standard InChI is InChI=1S/C17H20N2OS/c20-17(19-12-6-2-1-3-7-13-19)11-10-16-18-14-8-4-5-9-15(14)21-16/h4-5,8-11H,1-3,6-7,12-13H2/b11-10+. The number of hydrogen-bond donors (Lipinski definition) is 0. The van der Waals surface area contributed by atoms with Gasteiger partial charge >= 0.3 is 0 Å². The topological polar surface area (TPSA) is 33.2 Å². The molecule has 0 N–H and O–H groups in total. The summed E-state index contributed by atoms with van der Waals surface area (Å²) in [5.41, 5.74) is 1.00. The maximum atomic E-state index is 12.3. The van der Waals surface area contributed by atoms with Gasteiger partial charge in [0.1, 0.15) is 5.01 Å². The van der Waals surface area contributed by atoms with E-state index in [1.54, 1.807) is 17.4 Å². The van der Waals surface area contributed by atoms with Gasteiger partial charge in [-0.3, -0.25) is 4.79 Å². The monoisotopic (exact) mass is 300 g/mol. The maximum Gasteiger partial charge on any atom is 0.246 e. The molecule has 0 unspecified atom stereocenters. The van der Waals surface area contributed by atoms with Gasteiger partial charge in [-0.2, -0.15) is 0 Å². The number of likely N-dealkylation sites (tertiary alicyclic amines) is 1. The average Bonchev–Trinajstić information content (AvgIpc) is 2.87. The first kappa shape index (κ1) is 14.3. The van der Waals surface area contributed by atoms with Crippen molar-refractivity contribution in [2.24, 2.45) is 0 Å². The maximum absolute atomic E-state index is 12.3. The minimum absolute atomic E-state index is 0.121. The van der Waals surface area contributed by atoms with Crippen LogP contribution in [0.25, 0.3) is 16.3 Å². The second-order valence-electron chi connectivity index (χ2n) is 5.45. The molecule has 3 nitrogen and oxygen atoms in total. The van der Waals surface area contributed by atoms with E-state index in [2.05, 4.69) is 11.1 Å². The minimum atomic E-state index is 0.121. The summed E-state index contributed by atoms with van der Waals surface area (Å²) in [5, 5.41) is 0.900. The first-order valence-corrected chi connectivity index (χ1v) is 8.47. The number of carbonyl (C=O) groups excluding carboxylic acids is 1. The summed E-state index contributed by atoms with van der Waals surface area (Å²) in [6, 6.07) is 8.06. The molecule has 1 aromatic heterocycles. The molecule has 21 heavy (non-hydrogen) atoms. The molecule has 2 aromatic rings. The summed E-state index contributed by atoms with van der Waals surface area (Å²) >= 11 is 1.62. The molecule has 2 heterocycles. The van der Waals surface area contributed by atoms with Gasteiger partial charge in [0.2, 0.25) is 5.91 Å². The van der Waals surface area contributed by atoms with Crippen molar-refractivity contribution in [3.8, 4) is 0 Å². The van der Waals surface area contributed by atoms with E-state index in [0.29, 0.717) is 0 Å². The van der Waals surface area contributed by atoms with Crippen molar-refractivity contribution in [3.63, 3.8) is 0 Å². The Morgan fingerprint density at radius 3 is 2.57 bits per heavy atom. The second kappa shape index (κ2) is 6.85. The molecule has 110 valence electrons. The molecule has 0 radical (unpaired) electrons. The van der Waals surface area contributed by atoms with Crippen molar-refractivity contribution in [2.75, 3.05) is 13.1 Å². The molecule has 4 heteroatoms. The molecule has 1 aliphatic rings. The zero-order valence-corrected chi connectivity index (χ0v) is 12.9. The van der Waals surface area contributed by atoms with Gasteiger partial charge in [-0.15, -0.1) is 11.3 Å². The second-order valence-corrected chi connectivity index (χ2v) is 6.51. The van der Waals surface area contributed by atoms with E-state index in [0.717, 1.165) is 41.2 Å². The van der Waals surface area contributed by atoms with Gasteiger partial charge in [-0.1, -0.05) is 31.4 Å². The molecule has 0 atom stereocenters. The van der Waals surface area contributed by atoms with Gasteiger partial charge in [0.15, 0.2) is 0 Å². The number of hydrogen-bond acceptors (Lipinski definition) is 3. The summed E-state index contributed by atoms with van der Waals surface area (Å²) in [7, 11) is 0. The van der Waals surface area contributed by atoms with Crippen molar-refractivity contribution in [2.45, 2.75) is 32.1 Å². The summed E-state index contributed by atoms with van der Waals surface area (Å²) in [6.07, 6.45) is 9.58. The number of nitrogens with zero attached hydrogens (tertiary/aromatic N) is 2. The van der Waals surface area contributed by atoms with Crippen LogP contribution in [0, 0.1) is 0 Å². The van der Waals surface area contributed by atoms with E-state index < -0.39 is 0 Å². The van der Waals surface area contributed by atoms with E-state index >= 15 is 0 Å².